The van der Waals surface area contributed by atoms with Crippen molar-refractivity contribution in [3.8, 4) is 17.2 Å². The number of hydrogen-bond donors (Lipinski definition) is 0. The van der Waals surface area contributed by atoms with Crippen molar-refractivity contribution >= 4 is 31.6 Å². The summed E-state index contributed by atoms with van der Waals surface area (Å²) < 4.78 is 37.2. The lowest BCUT2D eigenvalue weighted by molar-refractivity contribution is 0.415. The summed E-state index contributed by atoms with van der Waals surface area (Å²) in [4.78, 5) is 4.42. The highest BCUT2D eigenvalue weighted by atomic mass is 79.9. The molecule has 0 aliphatic rings. The first-order valence-corrected chi connectivity index (χ1v) is 10.3. The third-order valence-corrected chi connectivity index (χ3v) is 5.51. The van der Waals surface area contributed by atoms with Gasteiger partial charge in [0.1, 0.15) is 17.7 Å². The fourth-order valence-electron chi connectivity index (χ4n) is 2.43. The smallest absolute Gasteiger partial charge is 0.232 e. The van der Waals surface area contributed by atoms with Crippen LogP contribution in [-0.2, 0) is 16.6 Å². The number of anilines is 1. The molecule has 0 aliphatic heterocycles. The number of nitrogens with zero attached hydrogens (tertiary/aromatic N) is 2. The van der Waals surface area contributed by atoms with Gasteiger partial charge in [-0.25, -0.2) is 13.4 Å². The predicted octanol–water partition coefficient (Wildman–Crippen LogP) is 4.08. The molecule has 6 nitrogen and oxygen atoms in total. The molecule has 0 N–H and O–H groups in total. The number of para-hydroxylation sites is 1. The van der Waals surface area contributed by atoms with Gasteiger partial charge in [0.2, 0.25) is 15.9 Å². The van der Waals surface area contributed by atoms with Crippen molar-refractivity contribution in [2.75, 3.05) is 17.7 Å². The lowest BCUT2D eigenvalue weighted by Crippen LogP contribution is -2.29. The third-order valence-electron chi connectivity index (χ3n) is 3.72. The van der Waals surface area contributed by atoms with Gasteiger partial charge in [-0.2, -0.15) is 0 Å². The Hall–Kier alpha value is -2.32. The Kier molecular flexibility index (Phi) is 5.33. The normalized spacial score (nSPS) is 11.3. The molecule has 0 bridgehead atoms. The quantitative estimate of drug-likeness (QED) is 0.581. The van der Waals surface area contributed by atoms with Gasteiger partial charge in [0, 0.05) is 10.0 Å². The number of ether oxygens (including phenoxy) is 1. The number of hydrogen-bond acceptors (Lipinski definition) is 5. The molecule has 0 saturated heterocycles. The average molecular weight is 437 g/mol. The summed E-state index contributed by atoms with van der Waals surface area (Å²) in [5.41, 5.74) is 1.84. The summed E-state index contributed by atoms with van der Waals surface area (Å²) in [7, 11) is -1.90. The highest BCUT2D eigenvalue weighted by molar-refractivity contribution is 9.10. The maximum atomic E-state index is 12.3. The molecule has 3 rings (SSSR count). The van der Waals surface area contributed by atoms with Crippen molar-refractivity contribution in [3.05, 3.63) is 65.0 Å². The van der Waals surface area contributed by atoms with Crippen molar-refractivity contribution in [2.24, 2.45) is 0 Å². The topological polar surface area (TPSA) is 72.6 Å². The summed E-state index contributed by atoms with van der Waals surface area (Å²) >= 11 is 3.40. The van der Waals surface area contributed by atoms with Gasteiger partial charge >= 0.3 is 0 Å². The second-order valence-corrected chi connectivity index (χ2v) is 8.35. The minimum Gasteiger partial charge on any atom is -0.497 e. The fourth-order valence-corrected chi connectivity index (χ4v) is 3.93. The minimum atomic E-state index is -3.50. The molecule has 0 spiro atoms. The van der Waals surface area contributed by atoms with Crippen LogP contribution in [0.15, 0.2) is 63.7 Å². The first-order chi connectivity index (χ1) is 12.4. The Morgan fingerprint density at radius 1 is 1.15 bits per heavy atom. The van der Waals surface area contributed by atoms with Gasteiger partial charge in [-0.3, -0.25) is 4.31 Å². The molecule has 0 saturated carbocycles. The lowest BCUT2D eigenvalue weighted by Gasteiger charge is -2.22. The molecule has 0 fully saturated rings. The van der Waals surface area contributed by atoms with Gasteiger partial charge in [0.05, 0.1) is 25.6 Å². The van der Waals surface area contributed by atoms with E-state index >= 15 is 0 Å². The largest absolute Gasteiger partial charge is 0.497 e. The Balaban J connectivity index is 1.89. The van der Waals surface area contributed by atoms with E-state index in [2.05, 4.69) is 20.9 Å². The van der Waals surface area contributed by atoms with E-state index in [1.54, 1.807) is 25.3 Å². The molecule has 1 heterocycles. The van der Waals surface area contributed by atoms with Crippen LogP contribution < -0.4 is 9.04 Å². The number of sulfonamides is 1. The highest BCUT2D eigenvalue weighted by Crippen LogP contribution is 2.29. The Bertz CT molecular complexity index is 1000. The van der Waals surface area contributed by atoms with Gasteiger partial charge < -0.3 is 9.15 Å². The number of aromatic nitrogens is 1. The Labute approximate surface area is 160 Å². The summed E-state index contributed by atoms with van der Waals surface area (Å²) in [6, 6.07) is 14.4. The predicted molar refractivity (Wildman–Crippen MR) is 104 cm³/mol. The second-order valence-electron chi connectivity index (χ2n) is 5.59. The third kappa shape index (κ3) is 4.08. The number of oxazole rings is 1. The molecule has 2 aromatic carbocycles. The number of methoxy groups -OCH3 is 1. The van der Waals surface area contributed by atoms with Crippen LogP contribution in [0.1, 0.15) is 5.69 Å². The van der Waals surface area contributed by atoms with Crippen LogP contribution in [0.4, 0.5) is 5.69 Å². The van der Waals surface area contributed by atoms with Gasteiger partial charge in [-0.05, 0) is 52.3 Å². The number of benzene rings is 2. The van der Waals surface area contributed by atoms with E-state index in [4.69, 9.17) is 9.15 Å². The highest BCUT2D eigenvalue weighted by Gasteiger charge is 2.21. The zero-order chi connectivity index (χ0) is 18.7. The summed E-state index contributed by atoms with van der Waals surface area (Å²) in [6.07, 6.45) is 2.63. The Morgan fingerprint density at radius 2 is 1.85 bits per heavy atom. The molecular formula is C18H17BrN2O4S. The molecule has 26 heavy (non-hydrogen) atoms. The van der Waals surface area contributed by atoms with Crippen LogP contribution in [0, 0.1) is 0 Å². The first-order valence-electron chi connectivity index (χ1n) is 7.69. The molecule has 1 aromatic heterocycles. The van der Waals surface area contributed by atoms with E-state index in [1.165, 1.54) is 10.6 Å². The minimum absolute atomic E-state index is 0.0705. The Morgan fingerprint density at radius 3 is 2.46 bits per heavy atom. The molecule has 3 aromatic rings. The standard InChI is InChI=1S/C18H17BrN2O4S/c1-24-15-9-7-13(8-10-15)18-20-14(12-25-18)11-21(26(2,22)23)17-6-4-3-5-16(17)19/h3-10,12H,11H2,1-2H3. The van der Waals surface area contributed by atoms with Gasteiger partial charge in [0.15, 0.2) is 0 Å². The first kappa shape index (κ1) is 18.5. The number of halogens is 1. The number of rotatable bonds is 6. The molecule has 136 valence electrons. The van der Waals surface area contributed by atoms with E-state index in [9.17, 15) is 8.42 Å². The van der Waals surface area contributed by atoms with Crippen molar-refractivity contribution < 1.29 is 17.6 Å². The van der Waals surface area contributed by atoms with E-state index in [0.29, 0.717) is 21.7 Å². The molecule has 0 atom stereocenters. The van der Waals surface area contributed by atoms with Crippen LogP contribution in [-0.4, -0.2) is 26.8 Å². The summed E-state index contributed by atoms with van der Waals surface area (Å²) in [6.45, 7) is 0.0705. The van der Waals surface area contributed by atoms with Gasteiger partial charge in [-0.1, -0.05) is 12.1 Å². The molecule has 8 heteroatoms. The van der Waals surface area contributed by atoms with Crippen molar-refractivity contribution in [3.63, 3.8) is 0 Å². The van der Waals surface area contributed by atoms with Gasteiger partial charge in [0.25, 0.3) is 0 Å². The zero-order valence-electron chi connectivity index (χ0n) is 14.2. The SMILES string of the molecule is COc1ccc(-c2nc(CN(c3ccccc3Br)S(C)(=O)=O)co2)cc1. The van der Waals surface area contributed by atoms with Crippen molar-refractivity contribution in [2.45, 2.75) is 6.54 Å². The molecule has 0 aliphatic carbocycles. The van der Waals surface area contributed by atoms with Crippen LogP contribution >= 0.6 is 15.9 Å². The second kappa shape index (κ2) is 7.51. The maximum Gasteiger partial charge on any atom is 0.232 e. The van der Waals surface area contributed by atoms with Crippen LogP contribution in [0.2, 0.25) is 0 Å². The van der Waals surface area contributed by atoms with E-state index < -0.39 is 10.0 Å². The lowest BCUT2D eigenvalue weighted by atomic mass is 10.2. The molecule has 0 radical (unpaired) electrons. The van der Waals surface area contributed by atoms with E-state index in [-0.39, 0.29) is 6.54 Å². The van der Waals surface area contributed by atoms with E-state index in [0.717, 1.165) is 17.6 Å². The monoisotopic (exact) mass is 436 g/mol. The summed E-state index contributed by atoms with van der Waals surface area (Å²) in [5, 5.41) is 0. The molecule has 0 amide bonds. The molecular weight excluding hydrogens is 420 g/mol. The average Bonchev–Trinajstić information content (AvgIpc) is 3.08. The fraction of sp³-hybridized carbons (Fsp3) is 0.167. The van der Waals surface area contributed by atoms with Gasteiger partial charge in [-0.15, -0.1) is 0 Å². The maximum absolute atomic E-state index is 12.3. The van der Waals surface area contributed by atoms with Crippen LogP contribution in [0.3, 0.4) is 0 Å². The molecule has 0 unspecified atom stereocenters. The summed E-state index contributed by atoms with van der Waals surface area (Å²) in [5.74, 6) is 1.15. The van der Waals surface area contributed by atoms with Crippen LogP contribution in [0.5, 0.6) is 5.75 Å². The van der Waals surface area contributed by atoms with E-state index in [1.807, 2.05) is 30.3 Å². The van der Waals surface area contributed by atoms with Crippen molar-refractivity contribution in [1.29, 1.82) is 0 Å². The zero-order valence-corrected chi connectivity index (χ0v) is 16.6. The van der Waals surface area contributed by atoms with Crippen molar-refractivity contribution in [1.82, 2.24) is 4.98 Å². The van der Waals surface area contributed by atoms with Crippen LogP contribution in [0.25, 0.3) is 11.5 Å².